The van der Waals surface area contributed by atoms with Crippen LogP contribution in [-0.4, -0.2) is 10.2 Å². The molecule has 2 N–H and O–H groups in total. The van der Waals surface area contributed by atoms with E-state index >= 15 is 0 Å². The van der Waals surface area contributed by atoms with Crippen LogP contribution >= 0.6 is 0 Å². The van der Waals surface area contributed by atoms with Crippen molar-refractivity contribution in [2.45, 2.75) is 13.5 Å². The predicted octanol–water partition coefficient (Wildman–Crippen LogP) is 3.62. The van der Waals surface area contributed by atoms with Gasteiger partial charge in [-0.05, 0) is 42.8 Å². The molecule has 0 aliphatic rings. The molecule has 1 aromatic heterocycles. The van der Waals surface area contributed by atoms with Crippen molar-refractivity contribution in [2.75, 3.05) is 5.32 Å². The first-order chi connectivity index (χ1) is 9.22. The molecule has 0 aliphatic heterocycles. The van der Waals surface area contributed by atoms with Crippen LogP contribution in [0.25, 0.3) is 10.9 Å². The van der Waals surface area contributed by atoms with E-state index in [4.69, 9.17) is 0 Å². The van der Waals surface area contributed by atoms with Crippen LogP contribution in [0.4, 0.5) is 10.1 Å². The Kier molecular flexibility index (Phi) is 2.91. The Morgan fingerprint density at radius 3 is 2.74 bits per heavy atom. The summed E-state index contributed by atoms with van der Waals surface area (Å²) >= 11 is 0. The zero-order valence-electron chi connectivity index (χ0n) is 10.6. The molecule has 0 fully saturated rings. The van der Waals surface area contributed by atoms with Gasteiger partial charge in [-0.15, -0.1) is 0 Å². The van der Waals surface area contributed by atoms with Crippen LogP contribution in [0.5, 0.6) is 0 Å². The average Bonchev–Trinajstić information content (AvgIpc) is 2.80. The van der Waals surface area contributed by atoms with Gasteiger partial charge in [0, 0.05) is 23.3 Å². The molecular formula is C15H14FN3. The number of anilines is 1. The second kappa shape index (κ2) is 4.72. The third-order valence-corrected chi connectivity index (χ3v) is 3.15. The summed E-state index contributed by atoms with van der Waals surface area (Å²) in [5.74, 6) is -0.209. The highest BCUT2D eigenvalue weighted by Crippen LogP contribution is 2.20. The van der Waals surface area contributed by atoms with Crippen LogP contribution < -0.4 is 5.32 Å². The van der Waals surface area contributed by atoms with Crippen LogP contribution in [-0.2, 0) is 6.54 Å². The Morgan fingerprint density at radius 1 is 1.16 bits per heavy atom. The van der Waals surface area contributed by atoms with E-state index in [9.17, 15) is 4.39 Å². The third kappa shape index (κ3) is 2.42. The van der Waals surface area contributed by atoms with Gasteiger partial charge in [-0.25, -0.2) is 4.39 Å². The lowest BCUT2D eigenvalue weighted by Gasteiger charge is -2.06. The third-order valence-electron chi connectivity index (χ3n) is 3.15. The van der Waals surface area contributed by atoms with E-state index in [-0.39, 0.29) is 5.82 Å². The number of nitrogens with one attached hydrogen (secondary N) is 2. The summed E-state index contributed by atoms with van der Waals surface area (Å²) in [6, 6.07) is 12.5. The number of fused-ring (bicyclic) bond motifs is 1. The predicted molar refractivity (Wildman–Crippen MR) is 74.6 cm³/mol. The lowest BCUT2D eigenvalue weighted by Crippen LogP contribution is -1.99. The summed E-state index contributed by atoms with van der Waals surface area (Å²) in [6.45, 7) is 2.67. The van der Waals surface area contributed by atoms with Crippen molar-refractivity contribution in [2.24, 2.45) is 0 Å². The number of H-pyrrole nitrogens is 1. The highest BCUT2D eigenvalue weighted by Gasteiger charge is 2.02. The molecular weight excluding hydrogens is 241 g/mol. The van der Waals surface area contributed by atoms with Crippen molar-refractivity contribution < 1.29 is 4.39 Å². The summed E-state index contributed by atoms with van der Waals surface area (Å²) in [5, 5.41) is 11.6. The van der Waals surface area contributed by atoms with Crippen LogP contribution in [0.15, 0.2) is 42.5 Å². The van der Waals surface area contributed by atoms with E-state index in [0.29, 0.717) is 6.54 Å². The molecule has 0 spiro atoms. The van der Waals surface area contributed by atoms with Gasteiger partial charge in [-0.3, -0.25) is 5.10 Å². The Hall–Kier alpha value is -2.36. The topological polar surface area (TPSA) is 40.7 Å². The summed E-state index contributed by atoms with van der Waals surface area (Å²) < 4.78 is 12.8. The molecule has 96 valence electrons. The summed E-state index contributed by atoms with van der Waals surface area (Å²) in [4.78, 5) is 0. The molecule has 3 rings (SSSR count). The maximum atomic E-state index is 12.8. The Balaban J connectivity index is 1.77. The van der Waals surface area contributed by atoms with Gasteiger partial charge in [-0.1, -0.05) is 12.1 Å². The molecule has 3 nitrogen and oxygen atoms in total. The first kappa shape index (κ1) is 11.7. The minimum Gasteiger partial charge on any atom is -0.381 e. The van der Waals surface area contributed by atoms with Gasteiger partial charge in [0.25, 0.3) is 0 Å². The van der Waals surface area contributed by atoms with Gasteiger partial charge >= 0.3 is 0 Å². The Bertz CT molecular complexity index is 701. The molecule has 1 heterocycles. The number of aryl methyl sites for hydroxylation is 1. The van der Waals surface area contributed by atoms with Crippen molar-refractivity contribution in [3.8, 4) is 0 Å². The molecule has 2 aromatic carbocycles. The molecule has 0 bridgehead atoms. The minimum atomic E-state index is -0.209. The molecule has 0 amide bonds. The molecule has 0 aliphatic carbocycles. The molecule has 3 aromatic rings. The van der Waals surface area contributed by atoms with E-state index < -0.39 is 0 Å². The first-order valence-corrected chi connectivity index (χ1v) is 6.15. The van der Waals surface area contributed by atoms with Crippen LogP contribution in [0.2, 0.25) is 0 Å². The summed E-state index contributed by atoms with van der Waals surface area (Å²) in [6.07, 6.45) is 0. The number of nitrogens with zero attached hydrogens (tertiary/aromatic N) is 1. The summed E-state index contributed by atoms with van der Waals surface area (Å²) in [5.41, 5.74) is 4.09. The average molecular weight is 255 g/mol. The quantitative estimate of drug-likeness (QED) is 0.750. The monoisotopic (exact) mass is 255 g/mol. The first-order valence-electron chi connectivity index (χ1n) is 6.15. The maximum absolute atomic E-state index is 12.8. The van der Waals surface area contributed by atoms with Crippen molar-refractivity contribution in [3.05, 3.63) is 59.5 Å². The van der Waals surface area contributed by atoms with Crippen molar-refractivity contribution >= 4 is 16.6 Å². The summed E-state index contributed by atoms with van der Waals surface area (Å²) in [7, 11) is 0. The van der Waals surface area contributed by atoms with Crippen molar-refractivity contribution in [1.29, 1.82) is 0 Å². The lowest BCUT2D eigenvalue weighted by molar-refractivity contribution is 0.627. The largest absolute Gasteiger partial charge is 0.381 e. The van der Waals surface area contributed by atoms with Crippen molar-refractivity contribution in [3.63, 3.8) is 0 Å². The fourth-order valence-corrected chi connectivity index (χ4v) is 2.05. The number of rotatable bonds is 3. The molecule has 0 saturated heterocycles. The van der Waals surface area contributed by atoms with Crippen LogP contribution in [0.1, 0.15) is 11.3 Å². The van der Waals surface area contributed by atoms with Gasteiger partial charge in [0.2, 0.25) is 0 Å². The molecule has 0 radical (unpaired) electrons. The van der Waals surface area contributed by atoms with Gasteiger partial charge in [-0.2, -0.15) is 5.10 Å². The van der Waals surface area contributed by atoms with E-state index in [1.54, 1.807) is 12.1 Å². The molecule has 0 atom stereocenters. The Morgan fingerprint density at radius 2 is 1.95 bits per heavy atom. The number of halogens is 1. The number of hydrogen-bond acceptors (Lipinski definition) is 2. The minimum absolute atomic E-state index is 0.209. The smallest absolute Gasteiger partial charge is 0.123 e. The zero-order valence-corrected chi connectivity index (χ0v) is 10.6. The van der Waals surface area contributed by atoms with Crippen molar-refractivity contribution in [1.82, 2.24) is 10.2 Å². The normalized spacial score (nSPS) is 10.8. The van der Waals surface area contributed by atoms with Gasteiger partial charge in [0.15, 0.2) is 0 Å². The molecule has 19 heavy (non-hydrogen) atoms. The molecule has 0 saturated carbocycles. The van der Waals surface area contributed by atoms with E-state index in [2.05, 4.69) is 21.6 Å². The molecule has 0 unspecified atom stereocenters. The number of benzene rings is 2. The van der Waals surface area contributed by atoms with Crippen LogP contribution in [0.3, 0.4) is 0 Å². The fraction of sp³-hybridized carbons (Fsp3) is 0.133. The van der Waals surface area contributed by atoms with Gasteiger partial charge in [0.05, 0.1) is 5.52 Å². The zero-order chi connectivity index (χ0) is 13.2. The van der Waals surface area contributed by atoms with E-state index in [0.717, 1.165) is 27.8 Å². The van der Waals surface area contributed by atoms with E-state index in [1.165, 1.54) is 12.1 Å². The Labute approximate surface area is 110 Å². The van der Waals surface area contributed by atoms with Crippen LogP contribution in [0, 0.1) is 12.7 Å². The highest BCUT2D eigenvalue weighted by atomic mass is 19.1. The highest BCUT2D eigenvalue weighted by molar-refractivity contribution is 5.84. The number of aromatic amines is 1. The number of hydrogen-bond donors (Lipinski definition) is 2. The standard InChI is InChI=1S/C15H14FN3/c1-10-14-8-13(6-7-15(14)19-18-10)17-9-11-2-4-12(16)5-3-11/h2-8,17H,9H2,1H3,(H,18,19). The SMILES string of the molecule is Cc1[nH]nc2ccc(NCc3ccc(F)cc3)cc12. The second-order valence-corrected chi connectivity index (χ2v) is 4.56. The maximum Gasteiger partial charge on any atom is 0.123 e. The lowest BCUT2D eigenvalue weighted by atomic mass is 10.2. The van der Waals surface area contributed by atoms with Gasteiger partial charge < -0.3 is 5.32 Å². The number of aromatic nitrogens is 2. The fourth-order valence-electron chi connectivity index (χ4n) is 2.05. The van der Waals surface area contributed by atoms with Gasteiger partial charge in [0.1, 0.15) is 5.82 Å². The second-order valence-electron chi connectivity index (χ2n) is 4.56. The van der Waals surface area contributed by atoms with E-state index in [1.807, 2.05) is 19.1 Å². The molecule has 4 heteroatoms.